The molecule has 2 atom stereocenters. The van der Waals surface area contributed by atoms with Crippen LogP contribution in [0.3, 0.4) is 0 Å². The summed E-state index contributed by atoms with van der Waals surface area (Å²) in [6.07, 6.45) is 9.17. The quantitative estimate of drug-likeness (QED) is 0.488. The van der Waals surface area contributed by atoms with Gasteiger partial charge in [0.15, 0.2) is 11.6 Å². The summed E-state index contributed by atoms with van der Waals surface area (Å²) in [7, 11) is 1.67. The number of hydrogen-bond acceptors (Lipinski definition) is 4. The van der Waals surface area contributed by atoms with E-state index >= 15 is 4.39 Å². The van der Waals surface area contributed by atoms with Crippen molar-refractivity contribution in [3.05, 3.63) is 58.6 Å². The highest BCUT2D eigenvalue weighted by atomic mass is 19.1. The number of carbonyl (C=O) groups excluding carboxylic acids is 1. The molecule has 0 radical (unpaired) electrons. The van der Waals surface area contributed by atoms with Crippen molar-refractivity contribution in [3.8, 4) is 5.75 Å². The number of hydrogen-bond donors (Lipinski definition) is 1. The van der Waals surface area contributed by atoms with Crippen LogP contribution in [0.25, 0.3) is 5.70 Å². The molecule has 0 aromatic heterocycles. The normalized spacial score (nSPS) is 25.4. The zero-order chi connectivity index (χ0) is 24.1. The Hall–Kier alpha value is -2.40. The van der Waals surface area contributed by atoms with E-state index in [1.165, 1.54) is 26.2 Å². The first-order valence-corrected chi connectivity index (χ1v) is 12.2. The lowest BCUT2D eigenvalue weighted by molar-refractivity contribution is -0.113. The Morgan fingerprint density at radius 2 is 2.03 bits per heavy atom. The number of unbranched alkanes of at least 4 members (excludes halogenated alkanes) is 3. The SMILES string of the molecule is C=C1C(C(C)=O)=CN2C(=C1F)c1cc(OC)c(CCCCCC)cc1C1CCC(C)(C)C12N. The number of nitrogens with two attached hydrogens (primary N) is 1. The summed E-state index contributed by atoms with van der Waals surface area (Å²) in [6.45, 7) is 11.9. The molecule has 1 aliphatic carbocycles. The van der Waals surface area contributed by atoms with Gasteiger partial charge in [0, 0.05) is 34.2 Å². The Morgan fingerprint density at radius 3 is 2.67 bits per heavy atom. The van der Waals surface area contributed by atoms with Gasteiger partial charge in [-0.25, -0.2) is 4.39 Å². The number of fused-ring (bicyclic) bond motifs is 6. The molecule has 1 aromatic carbocycles. The minimum Gasteiger partial charge on any atom is -0.496 e. The highest BCUT2D eigenvalue weighted by molar-refractivity contribution is 6.01. The summed E-state index contributed by atoms with van der Waals surface area (Å²) in [5, 5.41) is 0. The van der Waals surface area contributed by atoms with Crippen molar-refractivity contribution in [3.63, 3.8) is 0 Å². The number of rotatable bonds is 7. The predicted molar refractivity (Wildman–Crippen MR) is 131 cm³/mol. The zero-order valence-electron chi connectivity index (χ0n) is 20.7. The van der Waals surface area contributed by atoms with Crippen LogP contribution in [0.5, 0.6) is 5.75 Å². The van der Waals surface area contributed by atoms with E-state index in [4.69, 9.17) is 10.5 Å². The molecular weight excluding hydrogens is 415 g/mol. The third-order valence-electron chi connectivity index (χ3n) is 8.13. The van der Waals surface area contributed by atoms with Gasteiger partial charge in [0.2, 0.25) is 0 Å². The maximum Gasteiger partial charge on any atom is 0.161 e. The first-order valence-electron chi connectivity index (χ1n) is 12.2. The summed E-state index contributed by atoms with van der Waals surface area (Å²) in [4.78, 5) is 14.2. The van der Waals surface area contributed by atoms with Gasteiger partial charge in [-0.05, 0) is 49.8 Å². The molecule has 4 nitrogen and oxygen atoms in total. The minimum atomic E-state index is -0.845. The summed E-state index contributed by atoms with van der Waals surface area (Å²) in [5.41, 5.74) is 9.98. The van der Waals surface area contributed by atoms with Crippen LogP contribution in [-0.2, 0) is 11.2 Å². The summed E-state index contributed by atoms with van der Waals surface area (Å²) >= 11 is 0. The number of ether oxygens (including phenoxy) is 1. The summed E-state index contributed by atoms with van der Waals surface area (Å²) in [5.74, 6) is 0.109. The summed E-state index contributed by atoms with van der Waals surface area (Å²) < 4.78 is 21.7. The molecule has 0 bridgehead atoms. The lowest BCUT2D eigenvalue weighted by atomic mass is 9.70. The van der Waals surface area contributed by atoms with Crippen LogP contribution < -0.4 is 10.5 Å². The van der Waals surface area contributed by atoms with Crippen molar-refractivity contribution in [1.82, 2.24) is 4.90 Å². The van der Waals surface area contributed by atoms with E-state index in [-0.39, 0.29) is 28.3 Å². The maximum atomic E-state index is 16.0. The molecule has 2 heterocycles. The molecule has 1 saturated carbocycles. The molecule has 4 rings (SSSR count). The predicted octanol–water partition coefficient (Wildman–Crippen LogP) is 6.37. The van der Waals surface area contributed by atoms with Crippen molar-refractivity contribution in [2.24, 2.45) is 11.1 Å². The van der Waals surface area contributed by atoms with E-state index in [0.29, 0.717) is 5.70 Å². The van der Waals surface area contributed by atoms with Gasteiger partial charge in [0.25, 0.3) is 0 Å². The van der Waals surface area contributed by atoms with E-state index < -0.39 is 11.5 Å². The average molecular weight is 453 g/mol. The van der Waals surface area contributed by atoms with Gasteiger partial charge >= 0.3 is 0 Å². The van der Waals surface area contributed by atoms with Crippen LogP contribution in [0.4, 0.5) is 4.39 Å². The third-order valence-corrected chi connectivity index (χ3v) is 8.13. The zero-order valence-corrected chi connectivity index (χ0v) is 20.7. The topological polar surface area (TPSA) is 55.6 Å². The van der Waals surface area contributed by atoms with Crippen LogP contribution in [0.2, 0.25) is 0 Å². The summed E-state index contributed by atoms with van der Waals surface area (Å²) in [6, 6.07) is 4.18. The fourth-order valence-electron chi connectivity index (χ4n) is 6.03. The first kappa shape index (κ1) is 23.7. The molecular formula is C28H37FN2O2. The smallest absolute Gasteiger partial charge is 0.161 e. The fraction of sp³-hybridized carbons (Fsp3) is 0.536. The second kappa shape index (κ2) is 8.43. The lowest BCUT2D eigenvalue weighted by Crippen LogP contribution is -2.64. The Balaban J connectivity index is 1.93. The maximum absolute atomic E-state index is 16.0. The number of allylic oxidation sites excluding steroid dienone is 3. The number of ketones is 1. The standard InChI is InChI=1S/C28H37FN2O2/c1-7-8-9-10-11-19-14-20-21(15-24(19)33-6)26-25(29)17(2)22(18(3)32)16-31(26)28(30)23(20)12-13-27(28,4)5/h14-16,23H,2,7-13,30H2,1,3-6H3. The van der Waals surface area contributed by atoms with Crippen molar-refractivity contribution < 1.29 is 13.9 Å². The molecule has 33 heavy (non-hydrogen) atoms. The Morgan fingerprint density at radius 1 is 1.30 bits per heavy atom. The van der Waals surface area contributed by atoms with Gasteiger partial charge in [-0.3, -0.25) is 4.79 Å². The van der Waals surface area contributed by atoms with Gasteiger partial charge in [-0.15, -0.1) is 0 Å². The van der Waals surface area contributed by atoms with Gasteiger partial charge in [-0.2, -0.15) is 0 Å². The highest BCUT2D eigenvalue weighted by Crippen LogP contribution is 2.62. The van der Waals surface area contributed by atoms with E-state index in [9.17, 15) is 4.79 Å². The van der Waals surface area contributed by atoms with Crippen LogP contribution in [0, 0.1) is 5.41 Å². The Labute approximate surface area is 197 Å². The van der Waals surface area contributed by atoms with Gasteiger partial charge < -0.3 is 15.4 Å². The largest absolute Gasteiger partial charge is 0.496 e. The van der Waals surface area contributed by atoms with Crippen molar-refractivity contribution in [2.45, 2.75) is 84.2 Å². The lowest BCUT2D eigenvalue weighted by Gasteiger charge is -2.55. The van der Waals surface area contributed by atoms with Crippen molar-refractivity contribution in [2.75, 3.05) is 7.11 Å². The van der Waals surface area contributed by atoms with Gasteiger partial charge in [0.05, 0.1) is 12.8 Å². The molecule has 0 saturated heterocycles. The average Bonchev–Trinajstić information content (AvgIpc) is 3.02. The molecule has 0 amide bonds. The van der Waals surface area contributed by atoms with Gasteiger partial charge in [-0.1, -0.05) is 52.7 Å². The number of benzene rings is 1. The highest BCUT2D eigenvalue weighted by Gasteiger charge is 2.61. The van der Waals surface area contributed by atoms with Crippen molar-refractivity contribution >= 4 is 11.5 Å². The minimum absolute atomic E-state index is 0.0233. The second-order valence-electron chi connectivity index (χ2n) is 10.5. The fourth-order valence-corrected chi connectivity index (χ4v) is 6.03. The molecule has 178 valence electrons. The molecule has 2 unspecified atom stereocenters. The molecule has 0 spiro atoms. The second-order valence-corrected chi connectivity index (χ2v) is 10.5. The number of aryl methyl sites for hydroxylation is 1. The van der Waals surface area contributed by atoms with E-state index in [2.05, 4.69) is 33.4 Å². The molecule has 5 heteroatoms. The van der Waals surface area contributed by atoms with Crippen LogP contribution in [0.1, 0.15) is 88.8 Å². The molecule has 1 fully saturated rings. The Bertz CT molecular complexity index is 1070. The monoisotopic (exact) mass is 452 g/mol. The van der Waals surface area contributed by atoms with Crippen LogP contribution >= 0.6 is 0 Å². The van der Waals surface area contributed by atoms with Crippen molar-refractivity contribution in [1.29, 1.82) is 0 Å². The first-order chi connectivity index (χ1) is 15.6. The van der Waals surface area contributed by atoms with E-state index in [0.717, 1.165) is 48.1 Å². The van der Waals surface area contributed by atoms with Crippen LogP contribution in [-0.4, -0.2) is 23.5 Å². The van der Waals surface area contributed by atoms with Crippen LogP contribution in [0.15, 0.2) is 41.9 Å². The molecule has 3 aliphatic rings. The number of nitrogens with zero attached hydrogens (tertiary/aromatic N) is 1. The van der Waals surface area contributed by atoms with Gasteiger partial charge in [0.1, 0.15) is 11.4 Å². The molecule has 1 aromatic rings. The number of halogens is 1. The number of methoxy groups -OCH3 is 1. The Kier molecular flexibility index (Phi) is 6.06. The number of carbonyl (C=O) groups is 1. The van der Waals surface area contributed by atoms with E-state index in [1.54, 1.807) is 13.3 Å². The number of Topliss-reactive ketones (excluding diaryl/α,β-unsaturated/α-hetero) is 1. The molecule has 2 aliphatic heterocycles. The van der Waals surface area contributed by atoms with E-state index in [1.807, 2.05) is 11.0 Å². The molecule has 2 N–H and O–H groups in total. The third kappa shape index (κ3) is 3.47.